The van der Waals surface area contributed by atoms with Crippen molar-refractivity contribution in [1.29, 1.82) is 0 Å². The Labute approximate surface area is 108 Å². The number of hydrogen-bond acceptors (Lipinski definition) is 4. The molecule has 2 N–H and O–H groups in total. The molecule has 0 amide bonds. The Balaban J connectivity index is 2.30. The molecule has 2 rings (SSSR count). The van der Waals surface area contributed by atoms with Crippen molar-refractivity contribution in [3.8, 4) is 0 Å². The monoisotopic (exact) mass is 244 g/mol. The summed E-state index contributed by atoms with van der Waals surface area (Å²) in [6.45, 7) is 2.16. The van der Waals surface area contributed by atoms with Crippen molar-refractivity contribution in [2.24, 2.45) is 21.9 Å². The molecule has 4 heteroatoms. The molecule has 1 aliphatic rings. The van der Waals surface area contributed by atoms with Crippen molar-refractivity contribution < 1.29 is 0 Å². The zero-order valence-corrected chi connectivity index (χ0v) is 11.2. The van der Waals surface area contributed by atoms with Crippen molar-refractivity contribution in [3.05, 3.63) is 29.8 Å². The SMILES string of the molecule is CCC1CC(N)=NN=C1c1ccc(N(C)C)cc1. The van der Waals surface area contributed by atoms with Gasteiger partial charge in [0.05, 0.1) is 5.71 Å². The van der Waals surface area contributed by atoms with Gasteiger partial charge in [0.1, 0.15) is 5.84 Å². The van der Waals surface area contributed by atoms with Crippen LogP contribution in [0.2, 0.25) is 0 Å². The van der Waals surface area contributed by atoms with Gasteiger partial charge >= 0.3 is 0 Å². The molecule has 0 saturated carbocycles. The first kappa shape index (κ1) is 12.6. The number of anilines is 1. The summed E-state index contributed by atoms with van der Waals surface area (Å²) in [5.74, 6) is 1.02. The van der Waals surface area contributed by atoms with Crippen molar-refractivity contribution >= 4 is 17.2 Å². The second-order valence-electron chi connectivity index (χ2n) is 4.83. The van der Waals surface area contributed by atoms with Crippen molar-refractivity contribution in [1.82, 2.24) is 0 Å². The maximum absolute atomic E-state index is 5.74. The van der Waals surface area contributed by atoms with Crippen LogP contribution in [-0.2, 0) is 0 Å². The topological polar surface area (TPSA) is 54.0 Å². The van der Waals surface area contributed by atoms with Gasteiger partial charge in [-0.15, -0.1) is 5.10 Å². The van der Waals surface area contributed by atoms with Crippen LogP contribution in [0.3, 0.4) is 0 Å². The Hall–Kier alpha value is -1.84. The molecule has 0 bridgehead atoms. The number of hydrogen-bond donors (Lipinski definition) is 1. The second kappa shape index (κ2) is 5.21. The lowest BCUT2D eigenvalue weighted by Crippen LogP contribution is -2.26. The Kier molecular flexibility index (Phi) is 3.65. The highest BCUT2D eigenvalue weighted by atomic mass is 15.2. The summed E-state index contributed by atoms with van der Waals surface area (Å²) >= 11 is 0. The number of nitrogens with zero attached hydrogens (tertiary/aromatic N) is 3. The number of amidine groups is 1. The number of nitrogens with two attached hydrogens (primary N) is 1. The van der Waals surface area contributed by atoms with E-state index in [1.807, 2.05) is 14.1 Å². The molecule has 0 fully saturated rings. The maximum atomic E-state index is 5.74. The molecule has 1 aromatic rings. The van der Waals surface area contributed by atoms with Crippen LogP contribution in [0, 0.1) is 5.92 Å². The Morgan fingerprint density at radius 1 is 1.22 bits per heavy atom. The molecule has 0 aromatic heterocycles. The van der Waals surface area contributed by atoms with Crippen LogP contribution in [0.4, 0.5) is 5.69 Å². The summed E-state index contributed by atoms with van der Waals surface area (Å²) in [7, 11) is 4.07. The minimum atomic E-state index is 0.382. The van der Waals surface area contributed by atoms with Gasteiger partial charge in [-0.1, -0.05) is 19.1 Å². The first-order valence-corrected chi connectivity index (χ1v) is 6.29. The van der Waals surface area contributed by atoms with Crippen LogP contribution >= 0.6 is 0 Å². The van der Waals surface area contributed by atoms with Crippen LogP contribution in [-0.4, -0.2) is 25.6 Å². The third-order valence-electron chi connectivity index (χ3n) is 3.30. The predicted octanol–water partition coefficient (Wildman–Crippen LogP) is 2.24. The van der Waals surface area contributed by atoms with E-state index in [1.54, 1.807) is 0 Å². The van der Waals surface area contributed by atoms with Gasteiger partial charge in [-0.3, -0.25) is 0 Å². The van der Waals surface area contributed by atoms with E-state index in [0.29, 0.717) is 11.8 Å². The van der Waals surface area contributed by atoms with E-state index in [0.717, 1.165) is 24.1 Å². The van der Waals surface area contributed by atoms with Crippen LogP contribution in [0.5, 0.6) is 0 Å². The smallest absolute Gasteiger partial charge is 0.123 e. The number of rotatable bonds is 3. The van der Waals surface area contributed by atoms with E-state index in [9.17, 15) is 0 Å². The van der Waals surface area contributed by atoms with E-state index in [4.69, 9.17) is 5.73 Å². The Bertz CT molecular complexity index is 471. The quantitative estimate of drug-likeness (QED) is 0.886. The zero-order valence-electron chi connectivity index (χ0n) is 11.2. The third kappa shape index (κ3) is 2.53. The van der Waals surface area contributed by atoms with Gasteiger partial charge in [-0.2, -0.15) is 5.10 Å². The predicted molar refractivity (Wildman–Crippen MR) is 77.3 cm³/mol. The molecular weight excluding hydrogens is 224 g/mol. The summed E-state index contributed by atoms with van der Waals surface area (Å²) in [5, 5.41) is 8.29. The van der Waals surface area contributed by atoms with Gasteiger partial charge < -0.3 is 10.6 Å². The molecule has 0 radical (unpaired) electrons. The number of benzene rings is 1. The molecule has 0 saturated heterocycles. The molecule has 18 heavy (non-hydrogen) atoms. The summed E-state index contributed by atoms with van der Waals surface area (Å²) in [6, 6.07) is 8.42. The summed E-state index contributed by atoms with van der Waals surface area (Å²) < 4.78 is 0. The van der Waals surface area contributed by atoms with Crippen LogP contribution in [0.1, 0.15) is 25.3 Å². The molecule has 1 heterocycles. The summed E-state index contributed by atoms with van der Waals surface area (Å²) in [6.07, 6.45) is 1.84. The fraction of sp³-hybridized carbons (Fsp3) is 0.429. The van der Waals surface area contributed by atoms with E-state index >= 15 is 0 Å². The molecule has 96 valence electrons. The summed E-state index contributed by atoms with van der Waals surface area (Å²) in [5.41, 5.74) is 9.12. The third-order valence-corrected chi connectivity index (χ3v) is 3.30. The van der Waals surface area contributed by atoms with Crippen LogP contribution in [0.15, 0.2) is 34.5 Å². The second-order valence-corrected chi connectivity index (χ2v) is 4.83. The Morgan fingerprint density at radius 3 is 2.44 bits per heavy atom. The zero-order chi connectivity index (χ0) is 13.1. The molecule has 0 aliphatic carbocycles. The highest BCUT2D eigenvalue weighted by Gasteiger charge is 2.21. The highest BCUT2D eigenvalue weighted by molar-refractivity contribution is 6.06. The largest absolute Gasteiger partial charge is 0.386 e. The average molecular weight is 244 g/mol. The first-order valence-electron chi connectivity index (χ1n) is 6.29. The summed E-state index contributed by atoms with van der Waals surface area (Å²) in [4.78, 5) is 2.08. The van der Waals surface area contributed by atoms with Gasteiger partial charge in [0, 0.05) is 32.1 Å². The van der Waals surface area contributed by atoms with Crippen molar-refractivity contribution in [2.45, 2.75) is 19.8 Å². The minimum Gasteiger partial charge on any atom is -0.386 e. The molecule has 1 atom stereocenters. The fourth-order valence-electron chi connectivity index (χ4n) is 2.15. The molecular formula is C14H20N4. The van der Waals surface area contributed by atoms with Crippen LogP contribution < -0.4 is 10.6 Å². The van der Waals surface area contributed by atoms with Gasteiger partial charge in [-0.25, -0.2) is 0 Å². The lowest BCUT2D eigenvalue weighted by Gasteiger charge is -2.20. The first-order chi connectivity index (χ1) is 8.61. The molecule has 4 nitrogen and oxygen atoms in total. The lowest BCUT2D eigenvalue weighted by molar-refractivity contribution is 0.677. The maximum Gasteiger partial charge on any atom is 0.123 e. The van der Waals surface area contributed by atoms with E-state index in [2.05, 4.69) is 46.3 Å². The van der Waals surface area contributed by atoms with Gasteiger partial charge in [0.25, 0.3) is 0 Å². The van der Waals surface area contributed by atoms with E-state index in [-0.39, 0.29) is 0 Å². The molecule has 1 aromatic carbocycles. The van der Waals surface area contributed by atoms with Gasteiger partial charge in [0.15, 0.2) is 0 Å². The molecule has 1 unspecified atom stereocenters. The standard InChI is InChI=1S/C14H20N4/c1-4-10-9-13(15)16-17-14(10)11-5-7-12(8-6-11)18(2)3/h5-8,10H,4,9H2,1-3H3,(H2,15,16). The van der Waals surface area contributed by atoms with Crippen molar-refractivity contribution in [2.75, 3.05) is 19.0 Å². The van der Waals surface area contributed by atoms with Gasteiger partial charge in [-0.05, 0) is 24.1 Å². The van der Waals surface area contributed by atoms with E-state index in [1.165, 1.54) is 5.69 Å². The molecule has 0 spiro atoms. The molecule has 1 aliphatic heterocycles. The van der Waals surface area contributed by atoms with E-state index < -0.39 is 0 Å². The average Bonchev–Trinajstić information content (AvgIpc) is 2.38. The van der Waals surface area contributed by atoms with Gasteiger partial charge in [0.2, 0.25) is 0 Å². The Morgan fingerprint density at radius 2 is 1.89 bits per heavy atom. The minimum absolute atomic E-state index is 0.382. The normalized spacial score (nSPS) is 19.2. The lowest BCUT2D eigenvalue weighted by atomic mass is 9.90. The highest BCUT2D eigenvalue weighted by Crippen LogP contribution is 2.22. The van der Waals surface area contributed by atoms with Crippen molar-refractivity contribution in [3.63, 3.8) is 0 Å². The fourth-order valence-corrected chi connectivity index (χ4v) is 2.15. The van der Waals surface area contributed by atoms with Crippen LogP contribution in [0.25, 0.3) is 0 Å².